The van der Waals surface area contributed by atoms with Crippen molar-refractivity contribution in [1.82, 2.24) is 0 Å². The Morgan fingerprint density at radius 3 is 2.81 bits per heavy atom. The molecule has 0 bridgehead atoms. The van der Waals surface area contributed by atoms with Crippen molar-refractivity contribution in [2.45, 2.75) is 6.42 Å². The number of benzene rings is 1. The molecule has 0 atom stereocenters. The first-order chi connectivity index (χ1) is 7.56. The number of nitro benzene ring substituents is 1. The van der Waals surface area contributed by atoms with Crippen LogP contribution in [0.15, 0.2) is 18.2 Å². The van der Waals surface area contributed by atoms with Crippen LogP contribution in [-0.2, 0) is 0 Å². The van der Waals surface area contributed by atoms with Gasteiger partial charge in [-0.25, -0.2) is 0 Å². The van der Waals surface area contributed by atoms with Crippen LogP contribution in [0, 0.1) is 15.9 Å². The van der Waals surface area contributed by atoms with Crippen LogP contribution >= 0.6 is 11.6 Å². The van der Waals surface area contributed by atoms with E-state index in [4.69, 9.17) is 17.3 Å². The third-order valence-electron chi connectivity index (χ3n) is 1.89. The molecule has 1 aromatic rings. The molecular formula is C10H10ClFN2O2. The van der Waals surface area contributed by atoms with Gasteiger partial charge in [0.2, 0.25) is 5.82 Å². The average Bonchev–Trinajstić information content (AvgIpc) is 2.22. The highest BCUT2D eigenvalue weighted by molar-refractivity contribution is 6.32. The molecule has 6 heteroatoms. The second-order valence-electron chi connectivity index (χ2n) is 3.06. The molecule has 0 amide bonds. The quantitative estimate of drug-likeness (QED) is 0.654. The molecule has 16 heavy (non-hydrogen) atoms. The first-order valence-electron chi connectivity index (χ1n) is 4.56. The molecule has 0 aromatic heterocycles. The van der Waals surface area contributed by atoms with Crippen LogP contribution < -0.4 is 5.73 Å². The summed E-state index contributed by atoms with van der Waals surface area (Å²) in [6.07, 6.45) is 3.95. The maximum Gasteiger partial charge on any atom is 0.306 e. The van der Waals surface area contributed by atoms with Gasteiger partial charge in [0.15, 0.2) is 0 Å². The lowest BCUT2D eigenvalue weighted by atomic mass is 10.1. The highest BCUT2D eigenvalue weighted by Gasteiger charge is 2.16. The average molecular weight is 245 g/mol. The lowest BCUT2D eigenvalue weighted by Gasteiger charge is -2.00. The minimum absolute atomic E-state index is 0.140. The highest BCUT2D eigenvalue weighted by Crippen LogP contribution is 2.26. The third-order valence-corrected chi connectivity index (χ3v) is 2.22. The van der Waals surface area contributed by atoms with Crippen molar-refractivity contribution in [2.75, 3.05) is 6.54 Å². The van der Waals surface area contributed by atoms with Crippen molar-refractivity contribution in [2.24, 2.45) is 5.73 Å². The van der Waals surface area contributed by atoms with Crippen LogP contribution in [-0.4, -0.2) is 11.5 Å². The van der Waals surface area contributed by atoms with Gasteiger partial charge < -0.3 is 5.73 Å². The molecule has 1 rings (SSSR count). The summed E-state index contributed by atoms with van der Waals surface area (Å²) in [5.74, 6) is -0.901. The molecule has 0 spiro atoms. The number of halogens is 2. The van der Waals surface area contributed by atoms with Crippen molar-refractivity contribution >= 4 is 23.4 Å². The molecule has 0 aliphatic rings. The van der Waals surface area contributed by atoms with Gasteiger partial charge in [-0.15, -0.1) is 0 Å². The molecule has 0 fully saturated rings. The van der Waals surface area contributed by atoms with Crippen molar-refractivity contribution in [1.29, 1.82) is 0 Å². The summed E-state index contributed by atoms with van der Waals surface area (Å²) in [7, 11) is 0. The summed E-state index contributed by atoms with van der Waals surface area (Å²) in [6, 6.07) is 2.03. The van der Waals surface area contributed by atoms with E-state index in [1.54, 1.807) is 12.2 Å². The molecule has 4 nitrogen and oxygen atoms in total. The van der Waals surface area contributed by atoms with Crippen LogP contribution in [0.25, 0.3) is 6.08 Å². The number of hydrogen-bond acceptors (Lipinski definition) is 3. The van der Waals surface area contributed by atoms with Gasteiger partial charge in [0.1, 0.15) is 0 Å². The maximum atomic E-state index is 13.2. The van der Waals surface area contributed by atoms with E-state index < -0.39 is 16.4 Å². The zero-order chi connectivity index (χ0) is 12.1. The monoisotopic (exact) mass is 244 g/mol. The second-order valence-corrected chi connectivity index (χ2v) is 3.47. The zero-order valence-corrected chi connectivity index (χ0v) is 9.08. The smallest absolute Gasteiger partial charge is 0.306 e. The molecular weight excluding hydrogens is 235 g/mol. The predicted octanol–water partition coefficient (Wildman–Crippen LogP) is 2.75. The van der Waals surface area contributed by atoms with Gasteiger partial charge in [-0.1, -0.05) is 23.8 Å². The minimum atomic E-state index is -0.901. The van der Waals surface area contributed by atoms with E-state index in [9.17, 15) is 14.5 Å². The minimum Gasteiger partial charge on any atom is -0.330 e. The Hall–Kier alpha value is -1.46. The SMILES string of the molecule is NCCC=Cc1cc(F)c([N+](=O)[O-])cc1Cl. The van der Waals surface area contributed by atoms with Gasteiger partial charge in [0.05, 0.1) is 9.95 Å². The Bertz CT molecular complexity index is 435. The van der Waals surface area contributed by atoms with E-state index in [-0.39, 0.29) is 5.02 Å². The molecule has 0 saturated heterocycles. The van der Waals surface area contributed by atoms with Gasteiger partial charge in [0, 0.05) is 6.07 Å². The molecule has 1 aromatic carbocycles. The van der Waals surface area contributed by atoms with E-state index in [1.165, 1.54) is 0 Å². The lowest BCUT2D eigenvalue weighted by molar-refractivity contribution is -0.387. The van der Waals surface area contributed by atoms with Gasteiger partial charge in [-0.3, -0.25) is 10.1 Å². The Labute approximate surface area is 96.7 Å². The topological polar surface area (TPSA) is 69.2 Å². The van der Waals surface area contributed by atoms with Gasteiger partial charge in [-0.2, -0.15) is 4.39 Å². The Kier molecular flexibility index (Phi) is 4.39. The van der Waals surface area contributed by atoms with Crippen molar-refractivity contribution in [3.8, 4) is 0 Å². The summed E-state index contributed by atoms with van der Waals surface area (Å²) in [5.41, 5.74) is 5.05. The summed E-state index contributed by atoms with van der Waals surface area (Å²) >= 11 is 5.77. The third kappa shape index (κ3) is 3.01. The van der Waals surface area contributed by atoms with Crippen molar-refractivity contribution in [3.05, 3.63) is 44.7 Å². The fraction of sp³-hybridized carbons (Fsp3) is 0.200. The van der Waals surface area contributed by atoms with E-state index in [2.05, 4.69) is 0 Å². The summed E-state index contributed by atoms with van der Waals surface area (Å²) in [5, 5.41) is 10.6. The van der Waals surface area contributed by atoms with Gasteiger partial charge >= 0.3 is 5.69 Å². The van der Waals surface area contributed by atoms with Crippen LogP contribution in [0.3, 0.4) is 0 Å². The molecule has 0 aliphatic heterocycles. The largest absolute Gasteiger partial charge is 0.330 e. The normalized spacial score (nSPS) is 10.9. The number of hydrogen-bond donors (Lipinski definition) is 1. The summed E-state index contributed by atoms with van der Waals surface area (Å²) in [4.78, 5) is 9.61. The molecule has 0 saturated carbocycles. The molecule has 2 N–H and O–H groups in total. The zero-order valence-electron chi connectivity index (χ0n) is 8.32. The molecule has 0 unspecified atom stereocenters. The Morgan fingerprint density at radius 2 is 2.25 bits per heavy atom. The fourth-order valence-corrected chi connectivity index (χ4v) is 1.35. The van der Waals surface area contributed by atoms with E-state index in [0.29, 0.717) is 18.5 Å². The number of rotatable bonds is 4. The predicted molar refractivity (Wildman–Crippen MR) is 60.8 cm³/mol. The second kappa shape index (κ2) is 5.58. The maximum absolute atomic E-state index is 13.2. The fourth-order valence-electron chi connectivity index (χ4n) is 1.13. The summed E-state index contributed by atoms with van der Waals surface area (Å²) < 4.78 is 13.2. The lowest BCUT2D eigenvalue weighted by Crippen LogP contribution is -1.95. The van der Waals surface area contributed by atoms with Crippen LogP contribution in [0.4, 0.5) is 10.1 Å². The molecule has 0 radical (unpaired) electrons. The van der Waals surface area contributed by atoms with Crippen LogP contribution in [0.2, 0.25) is 5.02 Å². The van der Waals surface area contributed by atoms with Crippen molar-refractivity contribution in [3.63, 3.8) is 0 Å². The van der Waals surface area contributed by atoms with E-state index >= 15 is 0 Å². The van der Waals surface area contributed by atoms with Gasteiger partial charge in [0.25, 0.3) is 0 Å². The van der Waals surface area contributed by atoms with Crippen LogP contribution in [0.5, 0.6) is 0 Å². The van der Waals surface area contributed by atoms with Gasteiger partial charge in [-0.05, 0) is 24.6 Å². The van der Waals surface area contributed by atoms with E-state index in [1.807, 2.05) is 0 Å². The van der Waals surface area contributed by atoms with Crippen LogP contribution in [0.1, 0.15) is 12.0 Å². The summed E-state index contributed by atoms with van der Waals surface area (Å²) in [6.45, 7) is 0.476. The first kappa shape index (κ1) is 12.6. The molecule has 0 heterocycles. The highest BCUT2D eigenvalue weighted by atomic mass is 35.5. The number of nitrogens with two attached hydrogens (primary N) is 1. The Morgan fingerprint density at radius 1 is 1.56 bits per heavy atom. The molecule has 86 valence electrons. The Balaban J connectivity index is 3.05. The number of nitrogens with zero attached hydrogens (tertiary/aromatic N) is 1. The number of nitro groups is 1. The molecule has 0 aliphatic carbocycles. The standard InChI is InChI=1S/C10H10ClFN2O2/c11-8-6-10(14(15)16)9(12)5-7(8)3-1-2-4-13/h1,3,5-6H,2,4,13H2. The van der Waals surface area contributed by atoms with E-state index in [0.717, 1.165) is 12.1 Å². The first-order valence-corrected chi connectivity index (χ1v) is 4.94. The van der Waals surface area contributed by atoms with Crippen molar-refractivity contribution < 1.29 is 9.31 Å².